The zero-order chi connectivity index (χ0) is 13.6. The van der Waals surface area contributed by atoms with Crippen molar-refractivity contribution in [3.8, 4) is 0 Å². The third kappa shape index (κ3) is 1.78. The second-order valence-corrected chi connectivity index (χ2v) is 4.48. The zero-order valence-electron chi connectivity index (χ0n) is 9.97. The van der Waals surface area contributed by atoms with Crippen molar-refractivity contribution in [3.05, 3.63) is 12.0 Å². The Morgan fingerprint density at radius 1 is 1.47 bits per heavy atom. The summed E-state index contributed by atoms with van der Waals surface area (Å²) < 4.78 is 5.45. The van der Waals surface area contributed by atoms with Gasteiger partial charge in [-0.3, -0.25) is 0 Å². The molecule has 0 saturated carbocycles. The predicted molar refractivity (Wildman–Crippen MR) is 64.4 cm³/mol. The van der Waals surface area contributed by atoms with E-state index in [4.69, 9.17) is 15.6 Å². The first-order valence-electron chi connectivity index (χ1n) is 5.86. The molecular formula is C10H15N5O4. The average Bonchev–Trinajstić information content (AvgIpc) is 2.99. The molecule has 3 heterocycles. The molecule has 6 N–H and O–H groups in total. The van der Waals surface area contributed by atoms with Crippen LogP contribution in [0.2, 0.25) is 0 Å². The number of aromatic amines is 1. The van der Waals surface area contributed by atoms with E-state index in [0.29, 0.717) is 17.3 Å². The number of hydrogen-bond donors (Lipinski definition) is 5. The number of aliphatic imine (C=N–C) groups is 1. The molecule has 104 valence electrons. The fourth-order valence-corrected chi connectivity index (χ4v) is 2.33. The maximum Gasteiger partial charge on any atom is 0.162 e. The number of rotatable bonds is 2. The third-order valence-corrected chi connectivity index (χ3v) is 3.37. The number of aliphatic hydroxyl groups is 3. The second-order valence-electron chi connectivity index (χ2n) is 4.48. The summed E-state index contributed by atoms with van der Waals surface area (Å²) in [5.74, 6) is 0.831. The maximum absolute atomic E-state index is 9.99. The van der Waals surface area contributed by atoms with E-state index in [1.165, 1.54) is 6.33 Å². The molecule has 0 bridgehead atoms. The van der Waals surface area contributed by atoms with Gasteiger partial charge in [0.05, 0.1) is 12.9 Å². The number of imidazole rings is 1. The smallest absolute Gasteiger partial charge is 0.162 e. The number of nitrogens with zero attached hydrogens (tertiary/aromatic N) is 3. The fourth-order valence-electron chi connectivity index (χ4n) is 2.33. The SMILES string of the molecule is NC1=NCN(C2O[C@H](CO)[C@@H](O)[C@H]2O)c2nc[nH]c21. The summed E-state index contributed by atoms with van der Waals surface area (Å²) in [6.07, 6.45) is -2.50. The molecule has 9 nitrogen and oxygen atoms in total. The number of H-pyrrole nitrogens is 1. The topological polar surface area (TPSA) is 140 Å². The van der Waals surface area contributed by atoms with Crippen LogP contribution in [0.4, 0.5) is 5.82 Å². The van der Waals surface area contributed by atoms with Gasteiger partial charge in [-0.15, -0.1) is 0 Å². The van der Waals surface area contributed by atoms with Gasteiger partial charge in [0.25, 0.3) is 0 Å². The van der Waals surface area contributed by atoms with E-state index in [-0.39, 0.29) is 13.3 Å². The van der Waals surface area contributed by atoms with Crippen molar-refractivity contribution >= 4 is 11.7 Å². The molecule has 9 heteroatoms. The molecule has 1 aromatic rings. The van der Waals surface area contributed by atoms with Crippen LogP contribution in [0.5, 0.6) is 0 Å². The molecule has 19 heavy (non-hydrogen) atoms. The van der Waals surface area contributed by atoms with Gasteiger partial charge in [-0.05, 0) is 0 Å². The summed E-state index contributed by atoms with van der Waals surface area (Å²) in [7, 11) is 0. The molecule has 1 fully saturated rings. The number of nitrogens with one attached hydrogen (secondary N) is 1. The van der Waals surface area contributed by atoms with Gasteiger partial charge in [0.1, 0.15) is 36.5 Å². The van der Waals surface area contributed by atoms with Crippen molar-refractivity contribution in [2.75, 3.05) is 18.2 Å². The van der Waals surface area contributed by atoms with E-state index in [9.17, 15) is 10.2 Å². The van der Waals surface area contributed by atoms with Gasteiger partial charge in [0.2, 0.25) is 0 Å². The van der Waals surface area contributed by atoms with Gasteiger partial charge in [-0.25, -0.2) is 9.98 Å². The van der Waals surface area contributed by atoms with E-state index in [2.05, 4.69) is 15.0 Å². The number of ether oxygens (including phenoxy) is 1. The Morgan fingerprint density at radius 3 is 2.95 bits per heavy atom. The first-order chi connectivity index (χ1) is 9.13. The second kappa shape index (κ2) is 4.46. The van der Waals surface area contributed by atoms with E-state index in [0.717, 1.165) is 0 Å². The molecule has 0 amide bonds. The summed E-state index contributed by atoms with van der Waals surface area (Å²) in [6.45, 7) is -0.211. The lowest BCUT2D eigenvalue weighted by atomic mass is 10.1. The highest BCUT2D eigenvalue weighted by atomic mass is 16.6. The molecule has 0 aromatic carbocycles. The number of amidine groups is 1. The lowest BCUT2D eigenvalue weighted by molar-refractivity contribution is -0.0226. The van der Waals surface area contributed by atoms with Crippen molar-refractivity contribution in [2.45, 2.75) is 24.5 Å². The summed E-state index contributed by atoms with van der Waals surface area (Å²) in [5.41, 5.74) is 6.27. The lowest BCUT2D eigenvalue weighted by Gasteiger charge is -2.31. The van der Waals surface area contributed by atoms with Gasteiger partial charge in [0, 0.05) is 0 Å². The van der Waals surface area contributed by atoms with E-state index in [1.54, 1.807) is 4.90 Å². The molecule has 1 unspecified atom stereocenters. The highest BCUT2D eigenvalue weighted by molar-refractivity contribution is 6.01. The van der Waals surface area contributed by atoms with Gasteiger partial charge in [0.15, 0.2) is 12.0 Å². The van der Waals surface area contributed by atoms with Crippen LogP contribution < -0.4 is 10.6 Å². The average molecular weight is 269 g/mol. The quantitative estimate of drug-likeness (QED) is 0.394. The van der Waals surface area contributed by atoms with Crippen molar-refractivity contribution < 1.29 is 20.1 Å². The largest absolute Gasteiger partial charge is 0.394 e. The Bertz CT molecular complexity index is 504. The molecule has 4 atom stereocenters. The number of anilines is 1. The number of hydrogen-bond acceptors (Lipinski definition) is 8. The summed E-state index contributed by atoms with van der Waals surface area (Å²) >= 11 is 0. The van der Waals surface area contributed by atoms with Gasteiger partial charge in [-0.1, -0.05) is 0 Å². The number of aliphatic hydroxyl groups excluding tert-OH is 3. The minimum Gasteiger partial charge on any atom is -0.394 e. The van der Waals surface area contributed by atoms with Crippen LogP contribution in [-0.2, 0) is 4.74 Å². The van der Waals surface area contributed by atoms with E-state index in [1.807, 2.05) is 0 Å². The van der Waals surface area contributed by atoms with E-state index >= 15 is 0 Å². The Morgan fingerprint density at radius 2 is 2.26 bits per heavy atom. The first-order valence-corrected chi connectivity index (χ1v) is 5.86. The number of nitrogens with two attached hydrogens (primary N) is 1. The fraction of sp³-hybridized carbons (Fsp3) is 0.600. The van der Waals surface area contributed by atoms with Crippen LogP contribution in [0.15, 0.2) is 11.3 Å². The van der Waals surface area contributed by atoms with Crippen LogP contribution in [-0.4, -0.2) is 68.9 Å². The monoisotopic (exact) mass is 269 g/mol. The summed E-state index contributed by atoms with van der Waals surface area (Å²) in [5, 5.41) is 28.8. The van der Waals surface area contributed by atoms with Crippen LogP contribution in [0.3, 0.4) is 0 Å². The molecule has 0 aliphatic carbocycles. The van der Waals surface area contributed by atoms with Crippen LogP contribution in [0.25, 0.3) is 0 Å². The predicted octanol–water partition coefficient (Wildman–Crippen LogP) is -2.67. The standard InChI is InChI=1S/C10H15N5O4/c11-8-5-9(13-2-12-5)15(3-14-8)10-7(18)6(17)4(1-16)19-10/h2,4,6-7,10,16-18H,1,3H2,(H2,11,14)(H,12,13)/t4-,6-,7-,10?/m1/s1. The van der Waals surface area contributed by atoms with Crippen LogP contribution in [0.1, 0.15) is 5.69 Å². The van der Waals surface area contributed by atoms with E-state index < -0.39 is 24.5 Å². The van der Waals surface area contributed by atoms with Crippen molar-refractivity contribution in [1.29, 1.82) is 0 Å². The maximum atomic E-state index is 9.99. The molecular weight excluding hydrogens is 254 g/mol. The Balaban J connectivity index is 1.89. The molecule has 0 spiro atoms. The Hall–Kier alpha value is -1.68. The Labute approximate surface area is 108 Å². The summed E-state index contributed by atoms with van der Waals surface area (Å²) in [6, 6.07) is 0. The molecule has 1 saturated heterocycles. The minimum atomic E-state index is -1.16. The lowest BCUT2D eigenvalue weighted by Crippen LogP contribution is -2.47. The Kier molecular flexibility index (Phi) is 2.90. The third-order valence-electron chi connectivity index (χ3n) is 3.37. The van der Waals surface area contributed by atoms with Crippen molar-refractivity contribution in [2.24, 2.45) is 10.7 Å². The molecule has 2 aliphatic rings. The van der Waals surface area contributed by atoms with Gasteiger partial charge in [-0.2, -0.15) is 0 Å². The first kappa shape index (κ1) is 12.4. The number of aromatic nitrogens is 2. The van der Waals surface area contributed by atoms with Crippen LogP contribution >= 0.6 is 0 Å². The zero-order valence-corrected chi connectivity index (χ0v) is 9.97. The highest BCUT2D eigenvalue weighted by Gasteiger charge is 2.46. The van der Waals surface area contributed by atoms with Gasteiger partial charge < -0.3 is 35.7 Å². The van der Waals surface area contributed by atoms with Crippen LogP contribution in [0, 0.1) is 0 Å². The highest BCUT2D eigenvalue weighted by Crippen LogP contribution is 2.30. The molecule has 2 aliphatic heterocycles. The van der Waals surface area contributed by atoms with Gasteiger partial charge >= 0.3 is 0 Å². The minimum absolute atomic E-state index is 0.163. The molecule has 3 rings (SSSR count). The summed E-state index contributed by atoms with van der Waals surface area (Å²) in [4.78, 5) is 12.7. The normalized spacial score (nSPS) is 34.3. The number of fused-ring (bicyclic) bond motifs is 1. The molecule has 1 aromatic heterocycles. The molecule has 0 radical (unpaired) electrons. The van der Waals surface area contributed by atoms with Crippen molar-refractivity contribution in [3.63, 3.8) is 0 Å². The van der Waals surface area contributed by atoms with Crippen molar-refractivity contribution in [1.82, 2.24) is 9.97 Å².